The molecule has 2 rings (SSSR count). The molecule has 6 heteroatoms. The molecule has 0 saturated heterocycles. The zero-order chi connectivity index (χ0) is 16.4. The van der Waals surface area contributed by atoms with Gasteiger partial charge < -0.3 is 9.88 Å². The topological polar surface area (TPSA) is 58.1 Å². The fourth-order valence-corrected chi connectivity index (χ4v) is 2.65. The largest absolute Gasteiger partial charge is 0.339 e. The Morgan fingerprint density at radius 1 is 1.45 bits per heavy atom. The van der Waals surface area contributed by atoms with Crippen LogP contribution in [0.2, 0.25) is 0 Å². The molecule has 22 heavy (non-hydrogen) atoms. The summed E-state index contributed by atoms with van der Waals surface area (Å²) < 4.78 is 1.73. The van der Waals surface area contributed by atoms with Gasteiger partial charge in [-0.25, -0.2) is 0 Å². The number of H-pyrrole nitrogens is 1. The highest BCUT2D eigenvalue weighted by atomic mass is 32.1. The highest BCUT2D eigenvalue weighted by Crippen LogP contribution is 2.14. The predicted octanol–water partition coefficient (Wildman–Crippen LogP) is 2.86. The van der Waals surface area contributed by atoms with Crippen molar-refractivity contribution in [3.63, 3.8) is 0 Å². The van der Waals surface area contributed by atoms with Crippen molar-refractivity contribution in [2.24, 2.45) is 7.05 Å². The van der Waals surface area contributed by atoms with Crippen LogP contribution in [-0.2, 0) is 7.05 Å². The van der Waals surface area contributed by atoms with Crippen molar-refractivity contribution in [1.82, 2.24) is 14.5 Å². The highest BCUT2D eigenvalue weighted by molar-refractivity contribution is 7.71. The Bertz CT molecular complexity index is 822. The van der Waals surface area contributed by atoms with Crippen LogP contribution in [0.25, 0.3) is 10.9 Å². The van der Waals surface area contributed by atoms with Gasteiger partial charge in [-0.05, 0) is 43.8 Å². The van der Waals surface area contributed by atoms with E-state index in [1.165, 1.54) is 4.57 Å². The van der Waals surface area contributed by atoms with Gasteiger partial charge in [0.05, 0.1) is 10.9 Å². The summed E-state index contributed by atoms with van der Waals surface area (Å²) in [4.78, 5) is 29.4. The number of carbonyl (C=O) groups is 1. The molecule has 118 valence electrons. The lowest BCUT2D eigenvalue weighted by Crippen LogP contribution is -2.35. The summed E-state index contributed by atoms with van der Waals surface area (Å²) in [6, 6.07) is 5.24. The van der Waals surface area contributed by atoms with E-state index in [9.17, 15) is 9.59 Å². The average Bonchev–Trinajstić information content (AvgIpc) is 2.51. The van der Waals surface area contributed by atoms with E-state index in [0.29, 0.717) is 21.2 Å². The number of nitrogens with zero attached hydrogens (tertiary/aromatic N) is 2. The van der Waals surface area contributed by atoms with Gasteiger partial charge in [-0.2, -0.15) is 0 Å². The summed E-state index contributed by atoms with van der Waals surface area (Å²) in [5.74, 6) is -0.0529. The van der Waals surface area contributed by atoms with Gasteiger partial charge >= 0.3 is 0 Å². The second kappa shape index (κ2) is 6.44. The number of benzene rings is 1. The van der Waals surface area contributed by atoms with Gasteiger partial charge in [-0.1, -0.05) is 13.3 Å². The minimum atomic E-state index is -0.162. The number of amides is 1. The summed E-state index contributed by atoms with van der Waals surface area (Å²) in [5, 5.41) is 0.525. The van der Waals surface area contributed by atoms with Gasteiger partial charge in [-0.3, -0.25) is 14.2 Å². The summed E-state index contributed by atoms with van der Waals surface area (Å²) in [7, 11) is 3.43. The Morgan fingerprint density at radius 3 is 2.77 bits per heavy atom. The maximum absolute atomic E-state index is 12.5. The first-order valence-corrected chi connectivity index (χ1v) is 7.77. The summed E-state index contributed by atoms with van der Waals surface area (Å²) >= 11 is 5.12. The van der Waals surface area contributed by atoms with E-state index < -0.39 is 0 Å². The van der Waals surface area contributed by atoms with Crippen LogP contribution in [0.4, 0.5) is 0 Å². The van der Waals surface area contributed by atoms with Crippen molar-refractivity contribution in [3.8, 4) is 0 Å². The molecular formula is C16H21N3O2S. The maximum atomic E-state index is 12.5. The Balaban J connectivity index is 2.46. The van der Waals surface area contributed by atoms with Crippen molar-refractivity contribution in [2.45, 2.75) is 32.7 Å². The van der Waals surface area contributed by atoms with Gasteiger partial charge in [0.25, 0.3) is 11.5 Å². The molecule has 0 aliphatic carbocycles. The van der Waals surface area contributed by atoms with E-state index in [1.807, 2.05) is 6.92 Å². The SMILES string of the molecule is CCC[C@@H](C)N(C)C(=O)c1ccc2c(=O)n(C)c(=S)[nH]c2c1. The molecule has 1 heterocycles. The Morgan fingerprint density at radius 2 is 2.14 bits per heavy atom. The molecule has 0 radical (unpaired) electrons. The lowest BCUT2D eigenvalue weighted by Gasteiger charge is -2.24. The lowest BCUT2D eigenvalue weighted by atomic mass is 10.1. The van der Waals surface area contributed by atoms with E-state index in [0.717, 1.165) is 12.8 Å². The molecule has 1 aromatic heterocycles. The standard InChI is InChI=1S/C16H21N3O2S/c1-5-6-10(2)18(3)14(20)11-7-8-12-13(9-11)17-16(22)19(4)15(12)21/h7-10H,5-6H2,1-4H3,(H,17,22)/t10-/m1/s1. The Labute approximate surface area is 134 Å². The summed E-state index contributed by atoms with van der Waals surface area (Å²) in [6.07, 6.45) is 1.98. The number of rotatable bonds is 4. The lowest BCUT2D eigenvalue weighted by molar-refractivity contribution is 0.0737. The quantitative estimate of drug-likeness (QED) is 0.882. The molecule has 0 bridgehead atoms. The van der Waals surface area contributed by atoms with Crippen LogP contribution in [0.3, 0.4) is 0 Å². The molecule has 0 spiro atoms. The molecule has 1 atom stereocenters. The third-order valence-electron chi connectivity index (χ3n) is 4.04. The first kappa shape index (κ1) is 16.4. The van der Waals surface area contributed by atoms with E-state index in [1.54, 1.807) is 37.2 Å². The molecule has 1 aromatic carbocycles. The van der Waals surface area contributed by atoms with E-state index in [4.69, 9.17) is 12.2 Å². The normalized spacial score (nSPS) is 12.4. The fourth-order valence-electron chi connectivity index (χ4n) is 2.45. The zero-order valence-electron chi connectivity index (χ0n) is 13.3. The van der Waals surface area contributed by atoms with Crippen LogP contribution in [0.15, 0.2) is 23.0 Å². The number of aromatic amines is 1. The van der Waals surface area contributed by atoms with Crippen molar-refractivity contribution in [1.29, 1.82) is 0 Å². The first-order chi connectivity index (χ1) is 10.4. The molecule has 0 saturated carbocycles. The average molecular weight is 319 g/mol. The molecule has 0 aliphatic rings. The van der Waals surface area contributed by atoms with Crippen molar-refractivity contribution >= 4 is 29.0 Å². The maximum Gasteiger partial charge on any atom is 0.261 e. The zero-order valence-corrected chi connectivity index (χ0v) is 14.2. The predicted molar refractivity (Wildman–Crippen MR) is 90.8 cm³/mol. The molecule has 0 fully saturated rings. The molecule has 0 aliphatic heterocycles. The molecule has 0 unspecified atom stereocenters. The van der Waals surface area contributed by atoms with Gasteiger partial charge in [0.1, 0.15) is 0 Å². The van der Waals surface area contributed by atoms with E-state index >= 15 is 0 Å². The number of hydrogen-bond acceptors (Lipinski definition) is 3. The summed E-state index contributed by atoms with van der Waals surface area (Å²) in [5.41, 5.74) is 0.984. The number of hydrogen-bond donors (Lipinski definition) is 1. The second-order valence-corrected chi connectivity index (χ2v) is 6.00. The van der Waals surface area contributed by atoms with Crippen molar-refractivity contribution < 1.29 is 4.79 Å². The van der Waals surface area contributed by atoms with Crippen LogP contribution in [0.1, 0.15) is 37.0 Å². The van der Waals surface area contributed by atoms with Crippen LogP contribution in [0.5, 0.6) is 0 Å². The van der Waals surface area contributed by atoms with E-state index in [-0.39, 0.29) is 17.5 Å². The van der Waals surface area contributed by atoms with Crippen LogP contribution >= 0.6 is 12.2 Å². The van der Waals surface area contributed by atoms with Gasteiger partial charge in [0.15, 0.2) is 4.77 Å². The van der Waals surface area contributed by atoms with Crippen LogP contribution < -0.4 is 5.56 Å². The minimum Gasteiger partial charge on any atom is -0.339 e. The number of aromatic nitrogens is 2. The van der Waals surface area contributed by atoms with Gasteiger partial charge in [-0.15, -0.1) is 0 Å². The van der Waals surface area contributed by atoms with Crippen LogP contribution in [-0.4, -0.2) is 33.4 Å². The minimum absolute atomic E-state index is 0.0529. The third-order valence-corrected chi connectivity index (χ3v) is 4.41. The van der Waals surface area contributed by atoms with Gasteiger partial charge in [0.2, 0.25) is 0 Å². The second-order valence-electron chi connectivity index (χ2n) is 5.61. The molecule has 1 amide bonds. The molecule has 5 nitrogen and oxygen atoms in total. The van der Waals surface area contributed by atoms with Crippen LogP contribution in [0, 0.1) is 4.77 Å². The highest BCUT2D eigenvalue weighted by Gasteiger charge is 2.17. The first-order valence-electron chi connectivity index (χ1n) is 7.37. The van der Waals surface area contributed by atoms with Gasteiger partial charge in [0, 0.05) is 25.7 Å². The number of nitrogens with one attached hydrogen (secondary N) is 1. The third kappa shape index (κ3) is 2.97. The molecular weight excluding hydrogens is 298 g/mol. The van der Waals surface area contributed by atoms with Crippen molar-refractivity contribution in [2.75, 3.05) is 7.05 Å². The molecule has 1 N–H and O–H groups in total. The molecule has 2 aromatic rings. The smallest absolute Gasteiger partial charge is 0.261 e. The monoisotopic (exact) mass is 319 g/mol. The summed E-state index contributed by atoms with van der Waals surface area (Å²) in [6.45, 7) is 4.13. The number of carbonyl (C=O) groups excluding carboxylic acids is 1. The Kier molecular flexibility index (Phi) is 4.81. The van der Waals surface area contributed by atoms with E-state index in [2.05, 4.69) is 11.9 Å². The fraction of sp³-hybridized carbons (Fsp3) is 0.438. The number of fused-ring (bicyclic) bond motifs is 1. The Hall–Kier alpha value is -1.95. The van der Waals surface area contributed by atoms with Crippen molar-refractivity contribution in [3.05, 3.63) is 38.9 Å².